The standard InChI is InChI=1S/C27H33BrN4O2S/c1-3-5-6-7-9-20-12-14-21(15-13-20)26(34)32(17-4-2)18-16-24(33)29-27-31-30-25(35-27)22-10-8-11-23(28)19-22/h8,10-15,19H,3-7,9,16-18H2,1-2H3,(H,29,31,33). The molecule has 0 unspecified atom stereocenters. The summed E-state index contributed by atoms with van der Waals surface area (Å²) in [6.07, 6.45) is 6.99. The lowest BCUT2D eigenvalue weighted by Gasteiger charge is -2.22. The Morgan fingerprint density at radius 1 is 0.971 bits per heavy atom. The fourth-order valence-electron chi connectivity index (χ4n) is 3.77. The van der Waals surface area contributed by atoms with Crippen LogP contribution in [0.5, 0.6) is 0 Å². The molecular formula is C27H33BrN4O2S. The summed E-state index contributed by atoms with van der Waals surface area (Å²) in [7, 11) is 0. The Hall–Kier alpha value is -2.58. The van der Waals surface area contributed by atoms with Gasteiger partial charge in [-0.3, -0.25) is 9.59 Å². The van der Waals surface area contributed by atoms with Gasteiger partial charge in [-0.15, -0.1) is 10.2 Å². The van der Waals surface area contributed by atoms with E-state index in [4.69, 9.17) is 0 Å². The Kier molecular flexibility index (Phi) is 10.9. The first kappa shape index (κ1) is 27.0. The molecule has 3 aromatic rings. The highest BCUT2D eigenvalue weighted by molar-refractivity contribution is 9.10. The highest BCUT2D eigenvalue weighted by Gasteiger charge is 2.17. The topological polar surface area (TPSA) is 75.2 Å². The second-order valence-electron chi connectivity index (χ2n) is 8.52. The Balaban J connectivity index is 1.52. The average Bonchev–Trinajstić information content (AvgIpc) is 3.33. The molecule has 0 saturated carbocycles. The Morgan fingerprint density at radius 3 is 2.49 bits per heavy atom. The molecule has 1 N–H and O–H groups in total. The molecule has 0 saturated heterocycles. The first-order valence-electron chi connectivity index (χ1n) is 12.3. The lowest BCUT2D eigenvalue weighted by Crippen LogP contribution is -2.34. The number of carbonyl (C=O) groups excluding carboxylic acids is 2. The van der Waals surface area contributed by atoms with E-state index in [2.05, 4.69) is 38.4 Å². The van der Waals surface area contributed by atoms with Crippen LogP contribution in [0.4, 0.5) is 5.13 Å². The van der Waals surface area contributed by atoms with Gasteiger partial charge in [-0.1, -0.05) is 84.6 Å². The molecule has 186 valence electrons. The van der Waals surface area contributed by atoms with Gasteiger partial charge in [-0.2, -0.15) is 0 Å². The second-order valence-corrected chi connectivity index (χ2v) is 10.4. The van der Waals surface area contributed by atoms with E-state index in [-0.39, 0.29) is 18.2 Å². The minimum absolute atomic E-state index is 0.0370. The molecule has 0 aliphatic carbocycles. The number of aromatic nitrogens is 2. The van der Waals surface area contributed by atoms with Gasteiger partial charge in [-0.25, -0.2) is 0 Å². The zero-order valence-corrected chi connectivity index (χ0v) is 22.8. The van der Waals surface area contributed by atoms with Crippen molar-refractivity contribution in [2.45, 2.75) is 58.8 Å². The quantitative estimate of drug-likeness (QED) is 0.230. The van der Waals surface area contributed by atoms with Crippen LogP contribution in [0.3, 0.4) is 0 Å². The van der Waals surface area contributed by atoms with Crippen molar-refractivity contribution >= 4 is 44.2 Å². The Morgan fingerprint density at radius 2 is 1.77 bits per heavy atom. The molecule has 0 radical (unpaired) electrons. The predicted octanol–water partition coefficient (Wildman–Crippen LogP) is 6.97. The van der Waals surface area contributed by atoms with Gasteiger partial charge in [0.25, 0.3) is 5.91 Å². The van der Waals surface area contributed by atoms with E-state index in [0.717, 1.165) is 27.9 Å². The number of hydrogen-bond donors (Lipinski definition) is 1. The van der Waals surface area contributed by atoms with E-state index in [1.165, 1.54) is 42.6 Å². The van der Waals surface area contributed by atoms with Crippen LogP contribution >= 0.6 is 27.3 Å². The first-order valence-corrected chi connectivity index (χ1v) is 13.9. The largest absolute Gasteiger partial charge is 0.338 e. The summed E-state index contributed by atoms with van der Waals surface area (Å²) in [6.45, 7) is 5.21. The van der Waals surface area contributed by atoms with Crippen LogP contribution < -0.4 is 5.32 Å². The monoisotopic (exact) mass is 556 g/mol. The van der Waals surface area contributed by atoms with E-state index < -0.39 is 0 Å². The van der Waals surface area contributed by atoms with Crippen molar-refractivity contribution in [3.05, 3.63) is 64.1 Å². The predicted molar refractivity (Wildman–Crippen MR) is 147 cm³/mol. The molecule has 0 atom stereocenters. The highest BCUT2D eigenvalue weighted by Crippen LogP contribution is 2.28. The molecule has 0 bridgehead atoms. The SMILES string of the molecule is CCCCCCc1ccc(C(=O)N(CCC)CCC(=O)Nc2nnc(-c3cccc(Br)c3)s2)cc1. The number of anilines is 1. The van der Waals surface area contributed by atoms with Crippen molar-refractivity contribution in [3.8, 4) is 10.6 Å². The normalized spacial score (nSPS) is 10.8. The van der Waals surface area contributed by atoms with Crippen molar-refractivity contribution in [2.24, 2.45) is 0 Å². The lowest BCUT2D eigenvalue weighted by atomic mass is 10.0. The summed E-state index contributed by atoms with van der Waals surface area (Å²) in [6, 6.07) is 15.7. The van der Waals surface area contributed by atoms with Crippen molar-refractivity contribution in [1.82, 2.24) is 15.1 Å². The van der Waals surface area contributed by atoms with E-state index in [0.29, 0.717) is 23.8 Å². The molecule has 0 aliphatic rings. The molecule has 6 nitrogen and oxygen atoms in total. The van der Waals surface area contributed by atoms with Crippen LogP contribution in [0.1, 0.15) is 68.3 Å². The number of unbranched alkanes of at least 4 members (excludes halogenated alkanes) is 3. The lowest BCUT2D eigenvalue weighted by molar-refractivity contribution is -0.116. The molecule has 2 aromatic carbocycles. The van der Waals surface area contributed by atoms with Gasteiger partial charge in [-0.05, 0) is 49.1 Å². The molecule has 8 heteroatoms. The van der Waals surface area contributed by atoms with Crippen LogP contribution in [0.15, 0.2) is 53.0 Å². The summed E-state index contributed by atoms with van der Waals surface area (Å²) >= 11 is 4.78. The van der Waals surface area contributed by atoms with Crippen molar-refractivity contribution in [3.63, 3.8) is 0 Å². The van der Waals surface area contributed by atoms with Gasteiger partial charge in [0, 0.05) is 35.1 Å². The van der Waals surface area contributed by atoms with Crippen LogP contribution in [0.2, 0.25) is 0 Å². The van der Waals surface area contributed by atoms with Gasteiger partial charge in [0.05, 0.1) is 0 Å². The van der Waals surface area contributed by atoms with E-state index in [1.807, 2.05) is 55.5 Å². The molecule has 0 spiro atoms. The minimum Gasteiger partial charge on any atom is -0.338 e. The number of aryl methyl sites for hydroxylation is 1. The third-order valence-corrected chi connectivity index (χ3v) is 7.03. The summed E-state index contributed by atoms with van der Waals surface area (Å²) in [5.41, 5.74) is 2.86. The van der Waals surface area contributed by atoms with Crippen LogP contribution in [-0.4, -0.2) is 40.0 Å². The number of carbonyl (C=O) groups is 2. The third kappa shape index (κ3) is 8.54. The van der Waals surface area contributed by atoms with Crippen LogP contribution in [0, 0.1) is 0 Å². The zero-order valence-electron chi connectivity index (χ0n) is 20.4. The number of hydrogen-bond acceptors (Lipinski definition) is 5. The zero-order chi connectivity index (χ0) is 25.0. The molecule has 3 rings (SSSR count). The molecule has 0 fully saturated rings. The number of nitrogens with one attached hydrogen (secondary N) is 1. The summed E-state index contributed by atoms with van der Waals surface area (Å²) in [5.74, 6) is -0.219. The summed E-state index contributed by atoms with van der Waals surface area (Å²) in [5, 5.41) is 12.3. The number of nitrogens with zero attached hydrogens (tertiary/aromatic N) is 3. The van der Waals surface area contributed by atoms with Gasteiger partial charge in [0.15, 0.2) is 0 Å². The van der Waals surface area contributed by atoms with Gasteiger partial charge >= 0.3 is 0 Å². The van der Waals surface area contributed by atoms with E-state index in [1.54, 1.807) is 4.90 Å². The molecule has 1 heterocycles. The van der Waals surface area contributed by atoms with Crippen LogP contribution in [0.25, 0.3) is 10.6 Å². The third-order valence-electron chi connectivity index (χ3n) is 5.65. The average molecular weight is 558 g/mol. The van der Waals surface area contributed by atoms with Crippen molar-refractivity contribution < 1.29 is 9.59 Å². The Bertz CT molecular complexity index is 1100. The minimum atomic E-state index is -0.182. The Labute approximate surface area is 220 Å². The van der Waals surface area contributed by atoms with E-state index >= 15 is 0 Å². The maximum absolute atomic E-state index is 13.1. The molecule has 1 aromatic heterocycles. The summed E-state index contributed by atoms with van der Waals surface area (Å²) < 4.78 is 0.957. The molecular weight excluding hydrogens is 524 g/mol. The number of amides is 2. The smallest absolute Gasteiger partial charge is 0.253 e. The molecule has 35 heavy (non-hydrogen) atoms. The van der Waals surface area contributed by atoms with Gasteiger partial charge in [0.1, 0.15) is 5.01 Å². The highest BCUT2D eigenvalue weighted by atomic mass is 79.9. The first-order chi connectivity index (χ1) is 17.0. The molecule has 0 aliphatic heterocycles. The van der Waals surface area contributed by atoms with E-state index in [9.17, 15) is 9.59 Å². The van der Waals surface area contributed by atoms with Crippen LogP contribution in [-0.2, 0) is 11.2 Å². The van der Waals surface area contributed by atoms with Gasteiger partial charge in [0.2, 0.25) is 11.0 Å². The second kappa shape index (κ2) is 14.1. The number of halogens is 1. The van der Waals surface area contributed by atoms with Crippen molar-refractivity contribution in [1.29, 1.82) is 0 Å². The number of benzene rings is 2. The maximum Gasteiger partial charge on any atom is 0.253 e. The fourth-order valence-corrected chi connectivity index (χ4v) is 4.92. The number of rotatable bonds is 13. The van der Waals surface area contributed by atoms with Crippen molar-refractivity contribution in [2.75, 3.05) is 18.4 Å². The maximum atomic E-state index is 13.1. The molecule has 2 amide bonds. The fraction of sp³-hybridized carbons (Fsp3) is 0.407. The summed E-state index contributed by atoms with van der Waals surface area (Å²) in [4.78, 5) is 27.4. The van der Waals surface area contributed by atoms with Gasteiger partial charge < -0.3 is 10.2 Å².